The van der Waals surface area contributed by atoms with E-state index in [0.717, 1.165) is 28.7 Å². The minimum atomic E-state index is 0.171. The molecule has 0 amide bonds. The number of benzene rings is 2. The van der Waals surface area contributed by atoms with Crippen LogP contribution in [0.25, 0.3) is 6.08 Å². The first kappa shape index (κ1) is 11.7. The molecular formula is C16H11IO. The summed E-state index contributed by atoms with van der Waals surface area (Å²) in [6.45, 7) is 0. The molecule has 2 aromatic rings. The van der Waals surface area contributed by atoms with E-state index in [1.165, 1.54) is 3.57 Å². The number of fused-ring (bicyclic) bond motifs is 1. The zero-order valence-electron chi connectivity index (χ0n) is 9.69. The summed E-state index contributed by atoms with van der Waals surface area (Å²) in [6, 6.07) is 16.0. The van der Waals surface area contributed by atoms with Crippen LogP contribution in [0.15, 0.2) is 54.1 Å². The SMILES string of the molecule is O=C1/C(=C/c2ccc(I)cc2)Cc2ccccc21. The minimum absolute atomic E-state index is 0.171. The molecule has 0 saturated heterocycles. The maximum absolute atomic E-state index is 12.2. The van der Waals surface area contributed by atoms with Gasteiger partial charge in [-0.2, -0.15) is 0 Å². The van der Waals surface area contributed by atoms with E-state index in [1.54, 1.807) is 0 Å². The van der Waals surface area contributed by atoms with Crippen LogP contribution in [0.4, 0.5) is 0 Å². The third kappa shape index (κ3) is 2.12. The minimum Gasteiger partial charge on any atom is -0.289 e. The molecule has 1 nitrogen and oxygen atoms in total. The summed E-state index contributed by atoms with van der Waals surface area (Å²) in [5.41, 5.74) is 3.97. The molecule has 1 aliphatic rings. The second kappa shape index (κ2) is 4.69. The van der Waals surface area contributed by atoms with Crippen molar-refractivity contribution in [3.05, 3.63) is 74.4 Å². The monoisotopic (exact) mass is 346 g/mol. The van der Waals surface area contributed by atoms with Gasteiger partial charge in [0.05, 0.1) is 0 Å². The van der Waals surface area contributed by atoms with Gasteiger partial charge in [0, 0.05) is 21.1 Å². The van der Waals surface area contributed by atoms with Crippen molar-refractivity contribution in [2.24, 2.45) is 0 Å². The Balaban J connectivity index is 1.97. The largest absolute Gasteiger partial charge is 0.289 e. The van der Waals surface area contributed by atoms with Crippen LogP contribution in [-0.2, 0) is 6.42 Å². The molecule has 0 bridgehead atoms. The van der Waals surface area contributed by atoms with Crippen molar-refractivity contribution in [1.82, 2.24) is 0 Å². The predicted molar refractivity (Wildman–Crippen MR) is 81.6 cm³/mol. The molecule has 2 aromatic carbocycles. The number of ketones is 1. The van der Waals surface area contributed by atoms with E-state index in [-0.39, 0.29) is 5.78 Å². The van der Waals surface area contributed by atoms with Gasteiger partial charge in [-0.05, 0) is 51.9 Å². The Labute approximate surface area is 120 Å². The average molecular weight is 346 g/mol. The zero-order chi connectivity index (χ0) is 12.5. The Hall–Kier alpha value is -1.42. The fourth-order valence-corrected chi connectivity index (χ4v) is 2.59. The van der Waals surface area contributed by atoms with Crippen molar-refractivity contribution in [2.45, 2.75) is 6.42 Å². The van der Waals surface area contributed by atoms with Crippen LogP contribution in [0.5, 0.6) is 0 Å². The van der Waals surface area contributed by atoms with Crippen LogP contribution >= 0.6 is 22.6 Å². The van der Waals surface area contributed by atoms with Gasteiger partial charge in [0.25, 0.3) is 0 Å². The topological polar surface area (TPSA) is 17.1 Å². The first-order chi connectivity index (χ1) is 8.74. The highest BCUT2D eigenvalue weighted by Gasteiger charge is 2.23. The first-order valence-corrected chi connectivity index (χ1v) is 6.91. The molecular weight excluding hydrogens is 335 g/mol. The van der Waals surface area contributed by atoms with E-state index in [4.69, 9.17) is 0 Å². The molecule has 88 valence electrons. The molecule has 0 unspecified atom stereocenters. The number of rotatable bonds is 1. The van der Waals surface area contributed by atoms with E-state index in [0.29, 0.717) is 0 Å². The summed E-state index contributed by atoms with van der Waals surface area (Å²) in [5, 5.41) is 0. The first-order valence-electron chi connectivity index (χ1n) is 5.83. The predicted octanol–water partition coefficient (Wildman–Crippen LogP) is 4.11. The second-order valence-electron chi connectivity index (χ2n) is 4.38. The molecule has 0 heterocycles. The average Bonchev–Trinajstić information content (AvgIpc) is 2.70. The number of hydrogen-bond donors (Lipinski definition) is 0. The number of carbonyl (C=O) groups is 1. The Kier molecular flexibility index (Phi) is 3.04. The molecule has 0 spiro atoms. The highest BCUT2D eigenvalue weighted by Crippen LogP contribution is 2.27. The van der Waals surface area contributed by atoms with E-state index in [1.807, 2.05) is 42.5 Å². The molecule has 3 rings (SSSR count). The molecule has 0 saturated carbocycles. The van der Waals surface area contributed by atoms with Crippen molar-refractivity contribution < 1.29 is 4.79 Å². The molecule has 2 heteroatoms. The lowest BCUT2D eigenvalue weighted by Gasteiger charge is -1.97. The number of hydrogen-bond acceptors (Lipinski definition) is 1. The number of allylic oxidation sites excluding steroid dienone is 1. The van der Waals surface area contributed by atoms with Crippen molar-refractivity contribution >= 4 is 34.5 Å². The lowest BCUT2D eigenvalue weighted by Crippen LogP contribution is -1.94. The third-order valence-electron chi connectivity index (χ3n) is 3.15. The quantitative estimate of drug-likeness (QED) is 0.561. The molecule has 0 aromatic heterocycles. The Morgan fingerprint density at radius 1 is 1.00 bits per heavy atom. The van der Waals surface area contributed by atoms with E-state index in [9.17, 15) is 4.79 Å². The van der Waals surface area contributed by atoms with Gasteiger partial charge in [-0.1, -0.05) is 36.4 Å². The van der Waals surface area contributed by atoms with E-state index in [2.05, 4.69) is 34.7 Å². The van der Waals surface area contributed by atoms with Gasteiger partial charge in [0.2, 0.25) is 0 Å². The maximum Gasteiger partial charge on any atom is 0.189 e. The van der Waals surface area contributed by atoms with Crippen LogP contribution in [0.2, 0.25) is 0 Å². The second-order valence-corrected chi connectivity index (χ2v) is 5.63. The Morgan fingerprint density at radius 3 is 2.44 bits per heavy atom. The Morgan fingerprint density at radius 2 is 1.72 bits per heavy atom. The van der Waals surface area contributed by atoms with Crippen LogP contribution in [0.3, 0.4) is 0 Å². The summed E-state index contributed by atoms with van der Waals surface area (Å²) < 4.78 is 1.20. The molecule has 0 N–H and O–H groups in total. The number of Topliss-reactive ketones (excluding diaryl/α,β-unsaturated/α-hetero) is 1. The van der Waals surface area contributed by atoms with Crippen LogP contribution < -0.4 is 0 Å². The highest BCUT2D eigenvalue weighted by molar-refractivity contribution is 14.1. The number of carbonyl (C=O) groups excluding carboxylic acids is 1. The van der Waals surface area contributed by atoms with Gasteiger partial charge in [0.15, 0.2) is 5.78 Å². The van der Waals surface area contributed by atoms with Crippen LogP contribution in [0, 0.1) is 3.57 Å². The van der Waals surface area contributed by atoms with Gasteiger partial charge in [-0.15, -0.1) is 0 Å². The van der Waals surface area contributed by atoms with Crippen molar-refractivity contribution in [2.75, 3.05) is 0 Å². The molecule has 0 fully saturated rings. The number of halogens is 1. The normalized spacial score (nSPS) is 16.1. The Bertz CT molecular complexity index is 638. The smallest absolute Gasteiger partial charge is 0.189 e. The summed E-state index contributed by atoms with van der Waals surface area (Å²) in [6.07, 6.45) is 2.75. The summed E-state index contributed by atoms with van der Waals surface area (Å²) in [7, 11) is 0. The molecule has 0 radical (unpaired) electrons. The van der Waals surface area contributed by atoms with Crippen molar-refractivity contribution in [3.63, 3.8) is 0 Å². The molecule has 0 atom stereocenters. The fraction of sp³-hybridized carbons (Fsp3) is 0.0625. The van der Waals surface area contributed by atoms with Crippen LogP contribution in [0.1, 0.15) is 21.5 Å². The zero-order valence-corrected chi connectivity index (χ0v) is 11.8. The molecule has 1 aliphatic carbocycles. The lowest BCUT2D eigenvalue weighted by atomic mass is 10.1. The van der Waals surface area contributed by atoms with Crippen molar-refractivity contribution in [1.29, 1.82) is 0 Å². The lowest BCUT2D eigenvalue weighted by molar-refractivity contribution is 0.104. The third-order valence-corrected chi connectivity index (χ3v) is 3.86. The van der Waals surface area contributed by atoms with Gasteiger partial charge < -0.3 is 0 Å². The summed E-state index contributed by atoms with van der Waals surface area (Å²) in [4.78, 5) is 12.2. The van der Waals surface area contributed by atoms with E-state index < -0.39 is 0 Å². The standard InChI is InChI=1S/C16H11IO/c17-14-7-5-11(6-8-14)9-13-10-12-3-1-2-4-15(12)16(13)18/h1-9H,10H2/b13-9+. The van der Waals surface area contributed by atoms with Gasteiger partial charge in [-0.3, -0.25) is 4.79 Å². The van der Waals surface area contributed by atoms with Crippen LogP contribution in [-0.4, -0.2) is 5.78 Å². The fourth-order valence-electron chi connectivity index (χ4n) is 2.23. The molecule has 18 heavy (non-hydrogen) atoms. The van der Waals surface area contributed by atoms with Gasteiger partial charge >= 0.3 is 0 Å². The van der Waals surface area contributed by atoms with Crippen molar-refractivity contribution in [3.8, 4) is 0 Å². The maximum atomic E-state index is 12.2. The summed E-state index contributed by atoms with van der Waals surface area (Å²) in [5.74, 6) is 0.171. The molecule has 0 aliphatic heterocycles. The van der Waals surface area contributed by atoms with E-state index >= 15 is 0 Å². The van der Waals surface area contributed by atoms with Gasteiger partial charge in [0.1, 0.15) is 0 Å². The van der Waals surface area contributed by atoms with Gasteiger partial charge in [-0.25, -0.2) is 0 Å². The summed E-state index contributed by atoms with van der Waals surface area (Å²) >= 11 is 2.28. The highest BCUT2D eigenvalue weighted by atomic mass is 127.